The van der Waals surface area contributed by atoms with E-state index in [1.165, 1.54) is 5.56 Å². The van der Waals surface area contributed by atoms with Crippen molar-refractivity contribution in [3.8, 4) is 0 Å². The second kappa shape index (κ2) is 3.40. The summed E-state index contributed by atoms with van der Waals surface area (Å²) in [6.07, 6.45) is 3.25. The van der Waals surface area contributed by atoms with Crippen LogP contribution < -0.4 is 5.32 Å². The van der Waals surface area contributed by atoms with E-state index in [9.17, 15) is 4.79 Å². The first-order valence-electron chi connectivity index (χ1n) is 4.96. The lowest BCUT2D eigenvalue weighted by atomic mass is 9.98. The molecule has 0 atom stereocenters. The van der Waals surface area contributed by atoms with Gasteiger partial charge in [-0.3, -0.25) is 9.78 Å². The van der Waals surface area contributed by atoms with Gasteiger partial charge in [0, 0.05) is 12.6 Å². The van der Waals surface area contributed by atoms with E-state index >= 15 is 0 Å². The minimum atomic E-state index is 0.104. The van der Waals surface area contributed by atoms with Crippen molar-refractivity contribution in [3.05, 3.63) is 23.5 Å². The Labute approximate surface area is 83.5 Å². The van der Waals surface area contributed by atoms with Crippen molar-refractivity contribution in [2.45, 2.75) is 32.6 Å². The van der Waals surface area contributed by atoms with Gasteiger partial charge in [-0.25, -0.2) is 0 Å². The molecule has 1 amide bonds. The summed E-state index contributed by atoms with van der Waals surface area (Å²) in [6, 6.07) is 1.99. The quantitative estimate of drug-likeness (QED) is 0.736. The highest BCUT2D eigenvalue weighted by atomic mass is 16.1. The number of carbonyl (C=O) groups excluding carboxylic acids is 1. The number of pyridine rings is 1. The minimum Gasteiger partial charge on any atom is -0.324 e. The first-order valence-corrected chi connectivity index (χ1v) is 4.96. The Bertz CT molecular complexity index is 372. The molecule has 0 aliphatic carbocycles. The van der Waals surface area contributed by atoms with Crippen LogP contribution >= 0.6 is 0 Å². The number of nitrogens with one attached hydrogen (secondary N) is 1. The summed E-state index contributed by atoms with van der Waals surface area (Å²) in [7, 11) is 0. The predicted molar refractivity (Wildman–Crippen MR) is 55.3 cm³/mol. The number of fused-ring (bicyclic) bond motifs is 1. The topological polar surface area (TPSA) is 42.0 Å². The van der Waals surface area contributed by atoms with Crippen molar-refractivity contribution in [2.75, 3.05) is 5.32 Å². The van der Waals surface area contributed by atoms with Gasteiger partial charge in [0.25, 0.3) is 0 Å². The van der Waals surface area contributed by atoms with Gasteiger partial charge in [-0.1, -0.05) is 13.8 Å². The van der Waals surface area contributed by atoms with E-state index in [0.29, 0.717) is 12.3 Å². The normalized spacial score (nSPS) is 15.2. The van der Waals surface area contributed by atoms with E-state index in [1.807, 2.05) is 12.3 Å². The molecular weight excluding hydrogens is 176 g/mol. The number of aromatic nitrogens is 1. The molecule has 2 rings (SSSR count). The van der Waals surface area contributed by atoms with E-state index in [1.54, 1.807) is 0 Å². The first kappa shape index (κ1) is 9.19. The summed E-state index contributed by atoms with van der Waals surface area (Å²) < 4.78 is 0. The van der Waals surface area contributed by atoms with Gasteiger partial charge in [-0.15, -0.1) is 0 Å². The van der Waals surface area contributed by atoms with Crippen molar-refractivity contribution in [3.63, 3.8) is 0 Å². The molecule has 14 heavy (non-hydrogen) atoms. The molecule has 1 aromatic heterocycles. The van der Waals surface area contributed by atoms with Crippen LogP contribution in [-0.2, 0) is 11.2 Å². The van der Waals surface area contributed by atoms with Crippen molar-refractivity contribution >= 4 is 11.6 Å². The Morgan fingerprint density at radius 3 is 2.93 bits per heavy atom. The third-order valence-electron chi connectivity index (χ3n) is 2.50. The molecule has 0 unspecified atom stereocenters. The Morgan fingerprint density at radius 1 is 1.43 bits per heavy atom. The van der Waals surface area contributed by atoms with Crippen LogP contribution in [0.4, 0.5) is 5.69 Å². The van der Waals surface area contributed by atoms with Crippen molar-refractivity contribution in [1.29, 1.82) is 0 Å². The average molecular weight is 190 g/mol. The number of aryl methyl sites for hydroxylation is 1. The average Bonchev–Trinajstić information content (AvgIpc) is 2.16. The fourth-order valence-corrected chi connectivity index (χ4v) is 1.76. The van der Waals surface area contributed by atoms with Gasteiger partial charge in [-0.2, -0.15) is 0 Å². The lowest BCUT2D eigenvalue weighted by Crippen LogP contribution is -2.21. The van der Waals surface area contributed by atoms with E-state index < -0.39 is 0 Å². The maximum atomic E-state index is 11.3. The Morgan fingerprint density at radius 2 is 2.21 bits per heavy atom. The summed E-state index contributed by atoms with van der Waals surface area (Å²) in [5.74, 6) is 0.454. The summed E-state index contributed by atoms with van der Waals surface area (Å²) in [4.78, 5) is 15.6. The highest BCUT2D eigenvalue weighted by molar-refractivity contribution is 5.94. The monoisotopic (exact) mass is 190 g/mol. The molecule has 1 aliphatic rings. The molecule has 0 saturated heterocycles. The highest BCUT2D eigenvalue weighted by Crippen LogP contribution is 2.29. The molecule has 0 bridgehead atoms. The molecule has 0 aromatic carbocycles. The van der Waals surface area contributed by atoms with Crippen LogP contribution in [0.2, 0.25) is 0 Å². The number of hydrogen-bond acceptors (Lipinski definition) is 2. The van der Waals surface area contributed by atoms with E-state index in [2.05, 4.69) is 24.1 Å². The maximum Gasteiger partial charge on any atom is 0.224 e. The fraction of sp³-hybridized carbons (Fsp3) is 0.455. The molecule has 0 spiro atoms. The highest BCUT2D eigenvalue weighted by Gasteiger charge is 2.19. The number of carbonyl (C=O) groups is 1. The number of amides is 1. The van der Waals surface area contributed by atoms with Crippen LogP contribution in [0.5, 0.6) is 0 Å². The van der Waals surface area contributed by atoms with Gasteiger partial charge < -0.3 is 5.32 Å². The fourth-order valence-electron chi connectivity index (χ4n) is 1.76. The second-order valence-electron chi connectivity index (χ2n) is 3.93. The third-order valence-corrected chi connectivity index (χ3v) is 2.50. The molecule has 1 aliphatic heterocycles. The SMILES string of the molecule is CC(C)c1nccc2c1NC(=O)CC2. The van der Waals surface area contributed by atoms with E-state index in [-0.39, 0.29) is 5.91 Å². The summed E-state index contributed by atoms with van der Waals surface area (Å²) >= 11 is 0. The summed E-state index contributed by atoms with van der Waals surface area (Å²) in [5.41, 5.74) is 3.15. The Hall–Kier alpha value is -1.38. The number of hydrogen-bond donors (Lipinski definition) is 1. The summed E-state index contributed by atoms with van der Waals surface area (Å²) in [5, 5.41) is 2.91. The molecule has 0 saturated carbocycles. The lowest BCUT2D eigenvalue weighted by Gasteiger charge is -2.20. The van der Waals surface area contributed by atoms with E-state index in [4.69, 9.17) is 0 Å². The number of nitrogens with zero attached hydrogens (tertiary/aromatic N) is 1. The number of rotatable bonds is 1. The van der Waals surface area contributed by atoms with Crippen LogP contribution in [-0.4, -0.2) is 10.9 Å². The zero-order valence-electron chi connectivity index (χ0n) is 8.50. The zero-order chi connectivity index (χ0) is 10.1. The minimum absolute atomic E-state index is 0.104. The molecule has 1 N–H and O–H groups in total. The van der Waals surface area contributed by atoms with Gasteiger partial charge in [0.2, 0.25) is 5.91 Å². The molecule has 3 nitrogen and oxygen atoms in total. The molecule has 74 valence electrons. The third kappa shape index (κ3) is 1.50. The van der Waals surface area contributed by atoms with Gasteiger partial charge in [-0.05, 0) is 24.0 Å². The molecule has 2 heterocycles. The molecular formula is C11H14N2O. The zero-order valence-corrected chi connectivity index (χ0v) is 8.50. The Balaban J connectivity index is 2.48. The van der Waals surface area contributed by atoms with Gasteiger partial charge in [0.1, 0.15) is 0 Å². The molecule has 3 heteroatoms. The van der Waals surface area contributed by atoms with Crippen molar-refractivity contribution in [1.82, 2.24) is 4.98 Å². The van der Waals surface area contributed by atoms with E-state index in [0.717, 1.165) is 17.8 Å². The van der Waals surface area contributed by atoms with Crippen LogP contribution in [0.15, 0.2) is 12.3 Å². The largest absolute Gasteiger partial charge is 0.324 e. The predicted octanol–water partition coefficient (Wildman–Crippen LogP) is 2.09. The van der Waals surface area contributed by atoms with Crippen molar-refractivity contribution < 1.29 is 4.79 Å². The smallest absolute Gasteiger partial charge is 0.224 e. The molecule has 0 fully saturated rings. The van der Waals surface area contributed by atoms with Crippen LogP contribution in [0.1, 0.15) is 37.4 Å². The van der Waals surface area contributed by atoms with Crippen molar-refractivity contribution in [2.24, 2.45) is 0 Å². The second-order valence-corrected chi connectivity index (χ2v) is 3.93. The van der Waals surface area contributed by atoms with Crippen LogP contribution in [0.3, 0.4) is 0 Å². The maximum absolute atomic E-state index is 11.3. The first-order chi connectivity index (χ1) is 6.68. The van der Waals surface area contributed by atoms with Crippen LogP contribution in [0, 0.1) is 0 Å². The lowest BCUT2D eigenvalue weighted by molar-refractivity contribution is -0.116. The van der Waals surface area contributed by atoms with Gasteiger partial charge >= 0.3 is 0 Å². The number of anilines is 1. The molecule has 0 radical (unpaired) electrons. The summed E-state index contributed by atoms with van der Waals surface area (Å²) in [6.45, 7) is 4.17. The van der Waals surface area contributed by atoms with Gasteiger partial charge in [0.05, 0.1) is 11.4 Å². The Kier molecular flexibility index (Phi) is 2.23. The standard InChI is InChI=1S/C11H14N2O/c1-7(2)10-11-8(5-6-12-10)3-4-9(14)13-11/h5-7H,3-4H2,1-2H3,(H,13,14). The molecule has 1 aromatic rings. The van der Waals surface area contributed by atoms with Crippen LogP contribution in [0.25, 0.3) is 0 Å². The van der Waals surface area contributed by atoms with Gasteiger partial charge in [0.15, 0.2) is 0 Å².